The molecule has 1 aromatic heterocycles. The minimum absolute atomic E-state index is 0.121. The molecule has 0 spiro atoms. The summed E-state index contributed by atoms with van der Waals surface area (Å²) >= 11 is 0. The van der Waals surface area contributed by atoms with E-state index >= 15 is 0 Å². The van der Waals surface area contributed by atoms with Crippen LogP contribution in [0.1, 0.15) is 36.8 Å². The van der Waals surface area contributed by atoms with Crippen LogP contribution in [0, 0.1) is 6.92 Å². The maximum absolute atomic E-state index is 12.9. The molecule has 6 heteroatoms. The van der Waals surface area contributed by atoms with Crippen molar-refractivity contribution in [1.29, 1.82) is 0 Å². The van der Waals surface area contributed by atoms with Crippen LogP contribution in [0.2, 0.25) is 0 Å². The fourth-order valence-electron chi connectivity index (χ4n) is 3.26. The van der Waals surface area contributed by atoms with Crippen LogP contribution in [-0.4, -0.2) is 30.4 Å². The second kappa shape index (κ2) is 7.54. The lowest BCUT2D eigenvalue weighted by Crippen LogP contribution is -2.36. The zero-order valence-corrected chi connectivity index (χ0v) is 15.3. The molecule has 25 heavy (non-hydrogen) atoms. The summed E-state index contributed by atoms with van der Waals surface area (Å²) in [5, 5.41) is 0. The Kier molecular flexibility index (Phi) is 5.39. The highest BCUT2D eigenvalue weighted by molar-refractivity contribution is 7.89. The number of aryl methyl sites for hydroxylation is 1. The van der Waals surface area contributed by atoms with Gasteiger partial charge in [-0.05, 0) is 37.5 Å². The first kappa shape index (κ1) is 17.9. The summed E-state index contributed by atoms with van der Waals surface area (Å²) in [6, 6.07) is 10.9. The van der Waals surface area contributed by atoms with Gasteiger partial charge in [0.05, 0.1) is 6.54 Å². The van der Waals surface area contributed by atoms with E-state index in [4.69, 9.17) is 0 Å². The first-order valence-corrected chi connectivity index (χ1v) is 10.2. The van der Waals surface area contributed by atoms with Gasteiger partial charge in [-0.25, -0.2) is 8.42 Å². The third kappa shape index (κ3) is 4.02. The molecule has 0 bridgehead atoms. The predicted molar refractivity (Wildman–Crippen MR) is 98.2 cm³/mol. The van der Waals surface area contributed by atoms with Gasteiger partial charge in [-0.3, -0.25) is 4.79 Å². The van der Waals surface area contributed by atoms with E-state index in [1.165, 1.54) is 14.9 Å². The lowest BCUT2D eigenvalue weighted by Gasteiger charge is -2.20. The molecular weight excluding hydrogens is 336 g/mol. The van der Waals surface area contributed by atoms with E-state index in [1.807, 2.05) is 31.2 Å². The van der Waals surface area contributed by atoms with Gasteiger partial charge in [0.15, 0.2) is 0 Å². The van der Waals surface area contributed by atoms with Crippen LogP contribution in [0.15, 0.2) is 52.3 Å². The molecule has 0 amide bonds. The number of hydrogen-bond acceptors (Lipinski definition) is 3. The average molecular weight is 360 g/mol. The maximum Gasteiger partial charge on any atom is 0.271 e. The molecule has 0 unspecified atom stereocenters. The molecule has 0 aliphatic carbocycles. The standard InChI is InChI=1S/C19H24N2O3S/c1-16-8-6-9-17(14-16)15-20-11-7-10-18(19(20)22)25(23,24)21-12-4-2-3-5-13-21/h6-11,14H,2-5,12-13,15H2,1H3. The summed E-state index contributed by atoms with van der Waals surface area (Å²) in [6.07, 6.45) is 5.43. The van der Waals surface area contributed by atoms with Crippen LogP contribution in [-0.2, 0) is 16.6 Å². The van der Waals surface area contributed by atoms with Crippen LogP contribution < -0.4 is 5.56 Å². The van der Waals surface area contributed by atoms with Crippen molar-refractivity contribution >= 4 is 10.0 Å². The zero-order chi connectivity index (χ0) is 17.9. The Balaban J connectivity index is 1.94. The van der Waals surface area contributed by atoms with E-state index in [-0.39, 0.29) is 4.90 Å². The van der Waals surface area contributed by atoms with Crippen molar-refractivity contribution in [2.75, 3.05) is 13.1 Å². The smallest absolute Gasteiger partial charge is 0.271 e. The third-order valence-corrected chi connectivity index (χ3v) is 6.52. The van der Waals surface area contributed by atoms with Gasteiger partial charge < -0.3 is 4.57 Å². The third-order valence-electron chi connectivity index (χ3n) is 4.60. The van der Waals surface area contributed by atoms with Crippen LogP contribution in [0.3, 0.4) is 0 Å². The first-order chi connectivity index (χ1) is 12.0. The molecule has 1 aliphatic rings. The van der Waals surface area contributed by atoms with E-state index < -0.39 is 15.6 Å². The minimum Gasteiger partial charge on any atom is -0.310 e. The Hall–Kier alpha value is -1.92. The fourth-order valence-corrected chi connectivity index (χ4v) is 4.87. The summed E-state index contributed by atoms with van der Waals surface area (Å²) < 4.78 is 28.8. The van der Waals surface area contributed by atoms with Gasteiger partial charge in [-0.1, -0.05) is 42.7 Å². The number of hydrogen-bond donors (Lipinski definition) is 0. The van der Waals surface area contributed by atoms with Crippen LogP contribution in [0.25, 0.3) is 0 Å². The normalized spacial score (nSPS) is 16.5. The van der Waals surface area contributed by atoms with Crippen molar-refractivity contribution in [2.45, 2.75) is 44.0 Å². The Morgan fingerprint density at radius 1 is 1.00 bits per heavy atom. The van der Waals surface area contributed by atoms with Crippen molar-refractivity contribution < 1.29 is 8.42 Å². The van der Waals surface area contributed by atoms with Crippen molar-refractivity contribution in [2.24, 2.45) is 0 Å². The van der Waals surface area contributed by atoms with Crippen molar-refractivity contribution in [3.05, 3.63) is 64.1 Å². The largest absolute Gasteiger partial charge is 0.310 e. The summed E-state index contributed by atoms with van der Waals surface area (Å²) in [7, 11) is -3.74. The molecule has 3 rings (SSSR count). The van der Waals surface area contributed by atoms with Gasteiger partial charge in [-0.2, -0.15) is 4.31 Å². The van der Waals surface area contributed by atoms with Gasteiger partial charge >= 0.3 is 0 Å². The SMILES string of the molecule is Cc1cccc(Cn2cccc(S(=O)(=O)N3CCCCCC3)c2=O)c1. The Bertz CT molecular complexity index is 895. The van der Waals surface area contributed by atoms with Crippen molar-refractivity contribution in [3.8, 4) is 0 Å². The number of benzene rings is 1. The number of aromatic nitrogens is 1. The van der Waals surface area contributed by atoms with Crippen LogP contribution in [0.4, 0.5) is 0 Å². The van der Waals surface area contributed by atoms with Gasteiger partial charge in [0, 0.05) is 19.3 Å². The minimum atomic E-state index is -3.74. The Morgan fingerprint density at radius 3 is 2.40 bits per heavy atom. The molecular formula is C19H24N2O3S. The molecule has 0 N–H and O–H groups in total. The number of rotatable bonds is 4. The highest BCUT2D eigenvalue weighted by atomic mass is 32.2. The van der Waals surface area contributed by atoms with Crippen LogP contribution in [0.5, 0.6) is 0 Å². The van der Waals surface area contributed by atoms with Gasteiger partial charge in [0.1, 0.15) is 4.90 Å². The van der Waals surface area contributed by atoms with E-state index in [0.29, 0.717) is 19.6 Å². The first-order valence-electron chi connectivity index (χ1n) is 8.73. The molecule has 0 saturated carbocycles. The second-order valence-electron chi connectivity index (χ2n) is 6.61. The highest BCUT2D eigenvalue weighted by Gasteiger charge is 2.28. The molecule has 134 valence electrons. The van der Waals surface area contributed by atoms with E-state index in [2.05, 4.69) is 0 Å². The number of sulfonamides is 1. The van der Waals surface area contributed by atoms with Gasteiger partial charge in [0.25, 0.3) is 5.56 Å². The zero-order valence-electron chi connectivity index (χ0n) is 14.5. The monoisotopic (exact) mass is 360 g/mol. The quantitative estimate of drug-likeness (QED) is 0.842. The molecule has 1 saturated heterocycles. The molecule has 0 radical (unpaired) electrons. The predicted octanol–water partition coefficient (Wildman–Crippen LogP) is 2.77. The molecule has 2 aromatic rings. The summed E-state index contributed by atoms with van der Waals surface area (Å²) in [5.74, 6) is 0. The maximum atomic E-state index is 12.9. The molecule has 1 aliphatic heterocycles. The molecule has 2 heterocycles. The van der Waals surface area contributed by atoms with Crippen molar-refractivity contribution in [3.63, 3.8) is 0 Å². The number of pyridine rings is 1. The van der Waals surface area contributed by atoms with Gasteiger partial charge in [-0.15, -0.1) is 0 Å². The van der Waals surface area contributed by atoms with E-state index in [1.54, 1.807) is 12.3 Å². The van der Waals surface area contributed by atoms with Crippen molar-refractivity contribution in [1.82, 2.24) is 8.87 Å². The summed E-state index contributed by atoms with van der Waals surface area (Å²) in [6.45, 7) is 3.35. The molecule has 0 atom stereocenters. The second-order valence-corrected chi connectivity index (χ2v) is 8.52. The molecule has 1 aromatic carbocycles. The van der Waals surface area contributed by atoms with E-state index in [0.717, 1.165) is 36.8 Å². The van der Waals surface area contributed by atoms with Gasteiger partial charge in [0.2, 0.25) is 10.0 Å². The molecule has 1 fully saturated rings. The van der Waals surface area contributed by atoms with Crippen LogP contribution >= 0.6 is 0 Å². The summed E-state index contributed by atoms with van der Waals surface area (Å²) in [5.41, 5.74) is 1.64. The highest BCUT2D eigenvalue weighted by Crippen LogP contribution is 2.18. The average Bonchev–Trinajstić information content (AvgIpc) is 2.86. The topological polar surface area (TPSA) is 59.4 Å². The molecule has 5 nitrogen and oxygen atoms in total. The lowest BCUT2D eigenvalue weighted by atomic mass is 10.1. The van der Waals surface area contributed by atoms with E-state index in [9.17, 15) is 13.2 Å². The Morgan fingerprint density at radius 2 is 1.72 bits per heavy atom. The fraction of sp³-hybridized carbons (Fsp3) is 0.421. The number of nitrogens with zero attached hydrogens (tertiary/aromatic N) is 2. The Labute approximate surface area is 149 Å². The lowest BCUT2D eigenvalue weighted by molar-refractivity contribution is 0.422. The summed E-state index contributed by atoms with van der Waals surface area (Å²) in [4.78, 5) is 12.7.